The molecule has 15 heavy (non-hydrogen) atoms. The first-order valence-corrected chi connectivity index (χ1v) is 4.75. The average molecular weight is 205 g/mol. The van der Waals surface area contributed by atoms with Crippen molar-refractivity contribution < 1.29 is 4.79 Å². The molecule has 0 atom stereocenters. The Bertz CT molecular complexity index is 399. The molecule has 1 amide bonds. The van der Waals surface area contributed by atoms with Gasteiger partial charge in [-0.3, -0.25) is 14.8 Å². The summed E-state index contributed by atoms with van der Waals surface area (Å²) in [5, 5.41) is 2.68. The van der Waals surface area contributed by atoms with Crippen LogP contribution in [0.25, 0.3) is 0 Å². The predicted molar refractivity (Wildman–Crippen MR) is 58.3 cm³/mol. The van der Waals surface area contributed by atoms with E-state index in [1.807, 2.05) is 20.8 Å². The van der Waals surface area contributed by atoms with E-state index in [-0.39, 0.29) is 5.91 Å². The molecule has 0 aliphatic heterocycles. The van der Waals surface area contributed by atoms with Gasteiger partial charge in [-0.15, -0.1) is 0 Å². The van der Waals surface area contributed by atoms with Crippen molar-refractivity contribution in [2.75, 3.05) is 0 Å². The third-order valence-corrected chi connectivity index (χ3v) is 2.19. The van der Waals surface area contributed by atoms with Crippen molar-refractivity contribution in [2.45, 2.75) is 27.3 Å². The van der Waals surface area contributed by atoms with Crippen LogP contribution in [0.5, 0.6) is 0 Å². The summed E-state index contributed by atoms with van der Waals surface area (Å²) in [4.78, 5) is 19.7. The van der Waals surface area contributed by atoms with Crippen LogP contribution in [-0.2, 0) is 11.3 Å². The fourth-order valence-corrected chi connectivity index (χ4v) is 1.17. The van der Waals surface area contributed by atoms with Crippen LogP contribution >= 0.6 is 0 Å². The second kappa shape index (κ2) is 4.68. The molecule has 1 heterocycles. The SMILES string of the molecule is C=CC(=O)NCc1nc(C)c(C)nc1C. The van der Waals surface area contributed by atoms with Gasteiger partial charge in [0, 0.05) is 0 Å². The molecule has 0 saturated heterocycles. The van der Waals surface area contributed by atoms with Crippen LogP contribution in [0.1, 0.15) is 22.8 Å². The number of aromatic nitrogens is 2. The number of amides is 1. The highest BCUT2D eigenvalue weighted by molar-refractivity contribution is 5.86. The number of carbonyl (C=O) groups excluding carboxylic acids is 1. The van der Waals surface area contributed by atoms with Crippen LogP contribution in [-0.4, -0.2) is 15.9 Å². The normalized spacial score (nSPS) is 9.80. The van der Waals surface area contributed by atoms with E-state index in [0.717, 1.165) is 22.8 Å². The molecule has 4 heteroatoms. The van der Waals surface area contributed by atoms with Gasteiger partial charge in [0.05, 0.1) is 29.3 Å². The third kappa shape index (κ3) is 2.87. The van der Waals surface area contributed by atoms with E-state index in [2.05, 4.69) is 21.9 Å². The van der Waals surface area contributed by atoms with Gasteiger partial charge < -0.3 is 5.32 Å². The summed E-state index contributed by atoms with van der Waals surface area (Å²) in [6.07, 6.45) is 1.24. The molecule has 0 radical (unpaired) electrons. The first kappa shape index (κ1) is 11.4. The summed E-state index contributed by atoms with van der Waals surface area (Å²) < 4.78 is 0. The molecule has 4 nitrogen and oxygen atoms in total. The molecule has 0 spiro atoms. The van der Waals surface area contributed by atoms with Crippen molar-refractivity contribution >= 4 is 5.91 Å². The van der Waals surface area contributed by atoms with Gasteiger partial charge in [-0.05, 0) is 26.8 Å². The zero-order valence-electron chi connectivity index (χ0n) is 9.29. The van der Waals surface area contributed by atoms with E-state index in [1.54, 1.807) is 0 Å². The summed E-state index contributed by atoms with van der Waals surface area (Å²) in [6.45, 7) is 9.48. The van der Waals surface area contributed by atoms with Gasteiger partial charge in [-0.1, -0.05) is 6.58 Å². The number of hydrogen-bond acceptors (Lipinski definition) is 3. The second-order valence-corrected chi connectivity index (χ2v) is 3.35. The summed E-state index contributed by atoms with van der Waals surface area (Å²) in [6, 6.07) is 0. The highest BCUT2D eigenvalue weighted by Crippen LogP contribution is 2.06. The number of carbonyl (C=O) groups is 1. The first-order valence-electron chi connectivity index (χ1n) is 4.75. The van der Waals surface area contributed by atoms with Gasteiger partial charge in [-0.2, -0.15) is 0 Å². The van der Waals surface area contributed by atoms with Crippen molar-refractivity contribution in [2.24, 2.45) is 0 Å². The Morgan fingerprint density at radius 3 is 2.47 bits per heavy atom. The van der Waals surface area contributed by atoms with E-state index < -0.39 is 0 Å². The molecular formula is C11H15N3O. The average Bonchev–Trinajstić information content (AvgIpc) is 2.21. The maximum atomic E-state index is 11.0. The summed E-state index contributed by atoms with van der Waals surface area (Å²) >= 11 is 0. The molecule has 1 N–H and O–H groups in total. The molecule has 80 valence electrons. The lowest BCUT2D eigenvalue weighted by molar-refractivity contribution is -0.116. The summed E-state index contributed by atoms with van der Waals surface area (Å²) in [5.74, 6) is -0.200. The molecule has 1 aromatic rings. The van der Waals surface area contributed by atoms with Gasteiger partial charge in [0.25, 0.3) is 0 Å². The topological polar surface area (TPSA) is 54.9 Å². The number of aryl methyl sites for hydroxylation is 3. The maximum absolute atomic E-state index is 11.0. The Hall–Kier alpha value is -1.71. The fourth-order valence-electron chi connectivity index (χ4n) is 1.17. The van der Waals surface area contributed by atoms with Gasteiger partial charge in [0.1, 0.15) is 0 Å². The third-order valence-electron chi connectivity index (χ3n) is 2.19. The standard InChI is InChI=1S/C11H15N3O/c1-5-11(15)12-6-10-9(4)13-7(2)8(3)14-10/h5H,1,6H2,2-4H3,(H,12,15). The van der Waals surface area contributed by atoms with Gasteiger partial charge in [0.15, 0.2) is 0 Å². The molecule has 0 aliphatic rings. The molecule has 1 rings (SSSR count). The predicted octanol–water partition coefficient (Wildman–Crippen LogP) is 1.20. The van der Waals surface area contributed by atoms with E-state index >= 15 is 0 Å². The van der Waals surface area contributed by atoms with Crippen LogP contribution in [0.3, 0.4) is 0 Å². The van der Waals surface area contributed by atoms with Crippen LogP contribution in [0.15, 0.2) is 12.7 Å². The smallest absolute Gasteiger partial charge is 0.243 e. The number of nitrogens with one attached hydrogen (secondary N) is 1. The quantitative estimate of drug-likeness (QED) is 0.754. The van der Waals surface area contributed by atoms with Crippen molar-refractivity contribution in [1.82, 2.24) is 15.3 Å². The number of hydrogen-bond donors (Lipinski definition) is 1. The molecule has 0 bridgehead atoms. The second-order valence-electron chi connectivity index (χ2n) is 3.35. The number of rotatable bonds is 3. The molecular weight excluding hydrogens is 190 g/mol. The lowest BCUT2D eigenvalue weighted by Gasteiger charge is -2.07. The highest BCUT2D eigenvalue weighted by atomic mass is 16.1. The van der Waals surface area contributed by atoms with Crippen molar-refractivity contribution in [3.63, 3.8) is 0 Å². The molecule has 0 aromatic carbocycles. The minimum atomic E-state index is -0.200. The van der Waals surface area contributed by atoms with Crippen molar-refractivity contribution in [1.29, 1.82) is 0 Å². The summed E-state index contributed by atoms with van der Waals surface area (Å²) in [5.41, 5.74) is 3.46. The Morgan fingerprint density at radius 1 is 1.27 bits per heavy atom. The lowest BCUT2D eigenvalue weighted by Crippen LogP contribution is -2.22. The van der Waals surface area contributed by atoms with Crippen molar-refractivity contribution in [3.05, 3.63) is 35.4 Å². The Morgan fingerprint density at radius 2 is 1.87 bits per heavy atom. The van der Waals surface area contributed by atoms with Crippen LogP contribution in [0.2, 0.25) is 0 Å². The molecule has 0 unspecified atom stereocenters. The molecule has 1 aromatic heterocycles. The summed E-state index contributed by atoms with van der Waals surface area (Å²) in [7, 11) is 0. The van der Waals surface area contributed by atoms with E-state index in [0.29, 0.717) is 6.54 Å². The van der Waals surface area contributed by atoms with Gasteiger partial charge in [0.2, 0.25) is 5.91 Å². The Labute approximate surface area is 89.4 Å². The van der Waals surface area contributed by atoms with E-state index in [9.17, 15) is 4.79 Å². The largest absolute Gasteiger partial charge is 0.347 e. The van der Waals surface area contributed by atoms with E-state index in [1.165, 1.54) is 6.08 Å². The zero-order chi connectivity index (χ0) is 11.4. The monoisotopic (exact) mass is 205 g/mol. The van der Waals surface area contributed by atoms with Crippen LogP contribution in [0, 0.1) is 20.8 Å². The van der Waals surface area contributed by atoms with Gasteiger partial charge in [-0.25, -0.2) is 0 Å². The molecule has 0 saturated carbocycles. The number of nitrogens with zero attached hydrogens (tertiary/aromatic N) is 2. The van der Waals surface area contributed by atoms with Crippen LogP contribution in [0.4, 0.5) is 0 Å². The van der Waals surface area contributed by atoms with E-state index in [4.69, 9.17) is 0 Å². The maximum Gasteiger partial charge on any atom is 0.243 e. The molecule has 0 aliphatic carbocycles. The Balaban J connectivity index is 2.81. The van der Waals surface area contributed by atoms with Crippen molar-refractivity contribution in [3.8, 4) is 0 Å². The van der Waals surface area contributed by atoms with Gasteiger partial charge >= 0.3 is 0 Å². The minimum Gasteiger partial charge on any atom is -0.347 e. The Kier molecular flexibility index (Phi) is 3.55. The first-order chi connectivity index (χ1) is 7.04. The highest BCUT2D eigenvalue weighted by Gasteiger charge is 2.05. The lowest BCUT2D eigenvalue weighted by atomic mass is 10.2. The van der Waals surface area contributed by atoms with Crippen LogP contribution < -0.4 is 5.32 Å². The zero-order valence-corrected chi connectivity index (χ0v) is 9.29. The fraction of sp³-hybridized carbons (Fsp3) is 0.364. The molecule has 0 fully saturated rings. The minimum absolute atomic E-state index is 0.200.